The zero-order valence-corrected chi connectivity index (χ0v) is 9.58. The molecule has 1 atom stereocenters. The van der Waals surface area contributed by atoms with Crippen LogP contribution in [0.5, 0.6) is 5.88 Å². The van der Waals surface area contributed by atoms with Gasteiger partial charge < -0.3 is 15.2 Å². The molecule has 0 amide bonds. The summed E-state index contributed by atoms with van der Waals surface area (Å²) in [7, 11) is 1.62. The van der Waals surface area contributed by atoms with Crippen molar-refractivity contribution in [1.29, 1.82) is 0 Å². The lowest BCUT2D eigenvalue weighted by molar-refractivity contribution is 0.0888. The maximum atomic E-state index is 5.54. The number of hydrogen-bond acceptors (Lipinski definition) is 4. The van der Waals surface area contributed by atoms with E-state index in [1.165, 1.54) is 0 Å². The number of rotatable bonds is 5. The van der Waals surface area contributed by atoms with Gasteiger partial charge in [-0.3, -0.25) is 0 Å². The lowest BCUT2D eigenvalue weighted by Crippen LogP contribution is -2.21. The summed E-state index contributed by atoms with van der Waals surface area (Å²) in [6.07, 6.45) is 1.55. The van der Waals surface area contributed by atoms with Gasteiger partial charge in [0, 0.05) is 13.3 Å². The normalized spacial score (nSPS) is 12.1. The predicted molar refractivity (Wildman–Crippen MR) is 62.1 cm³/mol. The summed E-state index contributed by atoms with van der Waals surface area (Å²) in [4.78, 5) is 4.36. The van der Waals surface area contributed by atoms with E-state index in [1.807, 2.05) is 6.92 Å². The molecule has 1 aromatic rings. The van der Waals surface area contributed by atoms with Crippen LogP contribution in [0.1, 0.15) is 12.5 Å². The first-order chi connectivity index (χ1) is 7.15. The molecule has 0 aliphatic carbocycles. The molecule has 0 saturated heterocycles. The smallest absolute Gasteiger partial charge is 0.224 e. The van der Waals surface area contributed by atoms with Crippen molar-refractivity contribution in [2.45, 2.75) is 13.0 Å². The van der Waals surface area contributed by atoms with Gasteiger partial charge >= 0.3 is 0 Å². The van der Waals surface area contributed by atoms with Crippen LogP contribution in [0, 0.1) is 0 Å². The van der Waals surface area contributed by atoms with E-state index in [0.717, 1.165) is 0 Å². The number of ether oxygens (including phenoxy) is 2. The van der Waals surface area contributed by atoms with Gasteiger partial charge in [0.2, 0.25) is 5.88 Å². The highest BCUT2D eigenvalue weighted by Gasteiger charge is 2.10. The van der Waals surface area contributed by atoms with Crippen LogP contribution in [0.2, 0.25) is 0 Å². The highest BCUT2D eigenvalue weighted by molar-refractivity contribution is 7.80. The van der Waals surface area contributed by atoms with Crippen molar-refractivity contribution in [2.75, 3.05) is 13.7 Å². The van der Waals surface area contributed by atoms with E-state index in [-0.39, 0.29) is 11.1 Å². The Bertz CT molecular complexity index is 344. The first-order valence-electron chi connectivity index (χ1n) is 4.55. The third-order valence-corrected chi connectivity index (χ3v) is 1.97. The molecule has 4 nitrogen and oxygen atoms in total. The standard InChI is InChI=1S/C10H14N2O2S/c1-7(6-13-2)14-10-8(9(11)15)4-3-5-12-10/h3-5,7H,6H2,1-2H3,(H2,11,15). The number of thiocarbonyl (C=S) groups is 1. The van der Waals surface area contributed by atoms with E-state index in [0.29, 0.717) is 18.1 Å². The highest BCUT2D eigenvalue weighted by atomic mass is 32.1. The fourth-order valence-electron chi connectivity index (χ4n) is 1.13. The quantitative estimate of drug-likeness (QED) is 0.763. The Morgan fingerprint density at radius 2 is 2.40 bits per heavy atom. The Labute approximate surface area is 94.4 Å². The second kappa shape index (κ2) is 5.63. The van der Waals surface area contributed by atoms with Crippen LogP contribution in [0.15, 0.2) is 18.3 Å². The Kier molecular flexibility index (Phi) is 4.45. The minimum atomic E-state index is -0.0852. The van der Waals surface area contributed by atoms with Gasteiger partial charge in [0.25, 0.3) is 0 Å². The lowest BCUT2D eigenvalue weighted by atomic mass is 10.2. The summed E-state index contributed by atoms with van der Waals surface area (Å²) < 4.78 is 10.5. The maximum absolute atomic E-state index is 5.54. The molecule has 0 aliphatic rings. The molecule has 0 saturated carbocycles. The number of hydrogen-bond donors (Lipinski definition) is 1. The van der Waals surface area contributed by atoms with Crippen LogP contribution in [0.3, 0.4) is 0 Å². The van der Waals surface area contributed by atoms with Crippen LogP contribution in [-0.2, 0) is 4.74 Å². The number of methoxy groups -OCH3 is 1. The second-order valence-corrected chi connectivity index (χ2v) is 3.54. The van der Waals surface area contributed by atoms with Crippen molar-refractivity contribution in [3.63, 3.8) is 0 Å². The average molecular weight is 226 g/mol. The van der Waals surface area contributed by atoms with Crippen molar-refractivity contribution >= 4 is 17.2 Å². The third kappa shape index (κ3) is 3.45. The molecule has 0 aliphatic heterocycles. The molecule has 0 spiro atoms. The van der Waals surface area contributed by atoms with E-state index in [4.69, 9.17) is 27.4 Å². The zero-order valence-electron chi connectivity index (χ0n) is 8.77. The van der Waals surface area contributed by atoms with E-state index in [9.17, 15) is 0 Å². The molecule has 82 valence electrons. The van der Waals surface area contributed by atoms with Gasteiger partial charge in [-0.05, 0) is 19.1 Å². The Morgan fingerprint density at radius 3 is 3.00 bits per heavy atom. The summed E-state index contributed by atoms with van der Waals surface area (Å²) in [5.41, 5.74) is 6.19. The molecule has 0 radical (unpaired) electrons. The molecule has 0 bridgehead atoms. The van der Waals surface area contributed by atoms with Crippen LogP contribution in [0.25, 0.3) is 0 Å². The molecule has 1 unspecified atom stereocenters. The van der Waals surface area contributed by atoms with Crippen LogP contribution in [0.4, 0.5) is 0 Å². The molecule has 1 rings (SSSR count). The summed E-state index contributed by atoms with van der Waals surface area (Å²) in [5.74, 6) is 0.453. The van der Waals surface area contributed by atoms with Gasteiger partial charge in [-0.2, -0.15) is 0 Å². The van der Waals surface area contributed by atoms with Crippen molar-refractivity contribution in [3.05, 3.63) is 23.9 Å². The fraction of sp³-hybridized carbons (Fsp3) is 0.400. The molecule has 1 heterocycles. The van der Waals surface area contributed by atoms with Crippen LogP contribution in [-0.4, -0.2) is 29.8 Å². The van der Waals surface area contributed by atoms with Crippen molar-refractivity contribution in [2.24, 2.45) is 5.73 Å². The topological polar surface area (TPSA) is 57.4 Å². The van der Waals surface area contributed by atoms with Gasteiger partial charge in [-0.25, -0.2) is 4.98 Å². The highest BCUT2D eigenvalue weighted by Crippen LogP contribution is 2.15. The molecule has 2 N–H and O–H groups in total. The first-order valence-corrected chi connectivity index (χ1v) is 4.96. The minimum Gasteiger partial charge on any atom is -0.472 e. The summed E-state index contributed by atoms with van der Waals surface area (Å²) in [6.45, 7) is 2.38. The fourth-order valence-corrected chi connectivity index (χ4v) is 1.29. The minimum absolute atomic E-state index is 0.0852. The lowest BCUT2D eigenvalue weighted by Gasteiger charge is -2.14. The second-order valence-electron chi connectivity index (χ2n) is 3.10. The van der Waals surface area contributed by atoms with Gasteiger partial charge in [-0.15, -0.1) is 0 Å². The third-order valence-electron chi connectivity index (χ3n) is 1.75. The zero-order chi connectivity index (χ0) is 11.3. The van der Waals surface area contributed by atoms with Crippen LogP contribution >= 0.6 is 12.2 Å². The van der Waals surface area contributed by atoms with Crippen molar-refractivity contribution in [3.8, 4) is 5.88 Å². The Hall–Kier alpha value is -1.20. The van der Waals surface area contributed by atoms with Gasteiger partial charge in [0.05, 0.1) is 12.2 Å². The molecular formula is C10H14N2O2S. The van der Waals surface area contributed by atoms with Crippen molar-refractivity contribution < 1.29 is 9.47 Å². The van der Waals surface area contributed by atoms with E-state index < -0.39 is 0 Å². The largest absolute Gasteiger partial charge is 0.472 e. The summed E-state index contributed by atoms with van der Waals surface area (Å²) in [6, 6.07) is 3.55. The van der Waals surface area contributed by atoms with E-state index >= 15 is 0 Å². The molecule has 0 fully saturated rings. The summed E-state index contributed by atoms with van der Waals surface area (Å²) >= 11 is 4.89. The molecule has 5 heteroatoms. The number of pyridine rings is 1. The van der Waals surface area contributed by atoms with E-state index in [2.05, 4.69) is 4.98 Å². The SMILES string of the molecule is COCC(C)Oc1ncccc1C(N)=S. The molecule has 1 aromatic heterocycles. The van der Waals surface area contributed by atoms with Gasteiger partial charge in [0.1, 0.15) is 11.1 Å². The molecule has 15 heavy (non-hydrogen) atoms. The summed E-state index contributed by atoms with van der Waals surface area (Å²) in [5, 5.41) is 0. The molecular weight excluding hydrogens is 212 g/mol. The average Bonchev–Trinajstić information content (AvgIpc) is 2.18. The number of nitrogens with two attached hydrogens (primary N) is 1. The van der Waals surface area contributed by atoms with Crippen LogP contribution < -0.4 is 10.5 Å². The number of aromatic nitrogens is 1. The van der Waals surface area contributed by atoms with Crippen molar-refractivity contribution in [1.82, 2.24) is 4.98 Å². The monoisotopic (exact) mass is 226 g/mol. The first kappa shape index (κ1) is 11.9. The number of nitrogens with zero attached hydrogens (tertiary/aromatic N) is 1. The Morgan fingerprint density at radius 1 is 1.67 bits per heavy atom. The van der Waals surface area contributed by atoms with E-state index in [1.54, 1.807) is 25.4 Å². The Balaban J connectivity index is 2.79. The molecule has 0 aromatic carbocycles. The van der Waals surface area contributed by atoms with Gasteiger partial charge in [0.15, 0.2) is 0 Å². The maximum Gasteiger partial charge on any atom is 0.224 e. The van der Waals surface area contributed by atoms with Gasteiger partial charge in [-0.1, -0.05) is 12.2 Å². The predicted octanol–water partition coefficient (Wildman–Crippen LogP) is 1.13.